The first-order valence-electron chi connectivity index (χ1n) is 17.7. The van der Waals surface area contributed by atoms with Crippen LogP contribution in [0.2, 0.25) is 0 Å². The molecule has 5 aliphatic rings. The molecule has 1 aromatic heterocycles. The molecular formula is C45H35N3. The summed E-state index contributed by atoms with van der Waals surface area (Å²) in [6.45, 7) is 0. The molecule has 7 aromatic rings. The van der Waals surface area contributed by atoms with E-state index in [-0.39, 0.29) is 5.41 Å². The number of rotatable bonds is 3. The molecule has 0 radical (unpaired) electrons. The number of hydrogen-bond acceptors (Lipinski definition) is 3. The second-order valence-electron chi connectivity index (χ2n) is 14.9. The van der Waals surface area contributed by atoms with Crippen molar-refractivity contribution in [2.24, 2.45) is 23.7 Å². The fourth-order valence-corrected chi connectivity index (χ4v) is 10.7. The summed E-state index contributed by atoms with van der Waals surface area (Å²) >= 11 is 0. The Labute approximate surface area is 280 Å². The Hall–Kier alpha value is -5.15. The molecule has 3 heteroatoms. The molecule has 0 unspecified atom stereocenters. The molecular weight excluding hydrogens is 583 g/mol. The van der Waals surface area contributed by atoms with Gasteiger partial charge in [0.15, 0.2) is 17.5 Å². The van der Waals surface area contributed by atoms with E-state index < -0.39 is 0 Å². The Balaban J connectivity index is 1.13. The summed E-state index contributed by atoms with van der Waals surface area (Å²) in [4.78, 5) is 15.4. The smallest absolute Gasteiger partial charge is 0.164 e. The summed E-state index contributed by atoms with van der Waals surface area (Å²) in [5, 5.41) is 5.07. The molecule has 1 spiro atoms. The van der Waals surface area contributed by atoms with Gasteiger partial charge < -0.3 is 0 Å². The number of nitrogens with zero attached hydrogens (tertiary/aromatic N) is 3. The number of aromatic nitrogens is 3. The summed E-state index contributed by atoms with van der Waals surface area (Å²) < 4.78 is 0. The van der Waals surface area contributed by atoms with Crippen molar-refractivity contribution in [1.82, 2.24) is 15.0 Å². The van der Waals surface area contributed by atoms with Crippen molar-refractivity contribution in [3.05, 3.63) is 139 Å². The van der Waals surface area contributed by atoms with Crippen LogP contribution in [-0.4, -0.2) is 15.0 Å². The van der Waals surface area contributed by atoms with Gasteiger partial charge in [-0.1, -0.05) is 103 Å². The molecule has 0 amide bonds. The van der Waals surface area contributed by atoms with E-state index in [1.54, 1.807) is 11.1 Å². The van der Waals surface area contributed by atoms with E-state index in [2.05, 4.69) is 121 Å². The Bertz CT molecular complexity index is 2400. The predicted molar refractivity (Wildman–Crippen MR) is 194 cm³/mol. The highest BCUT2D eigenvalue weighted by Crippen LogP contribution is 2.69. The van der Waals surface area contributed by atoms with E-state index in [9.17, 15) is 0 Å². The van der Waals surface area contributed by atoms with Gasteiger partial charge in [-0.3, -0.25) is 0 Å². The zero-order chi connectivity index (χ0) is 31.4. The second kappa shape index (κ2) is 9.93. The van der Waals surface area contributed by atoms with Crippen LogP contribution in [0, 0.1) is 23.7 Å². The topological polar surface area (TPSA) is 38.7 Å². The van der Waals surface area contributed by atoms with Crippen molar-refractivity contribution in [3.8, 4) is 45.3 Å². The van der Waals surface area contributed by atoms with Crippen LogP contribution in [0.5, 0.6) is 0 Å². The van der Waals surface area contributed by atoms with Crippen LogP contribution in [0.15, 0.2) is 127 Å². The summed E-state index contributed by atoms with van der Waals surface area (Å²) in [6.07, 6.45) is 6.97. The van der Waals surface area contributed by atoms with Gasteiger partial charge in [-0.05, 0) is 124 Å². The fraction of sp³-hybridized carbons (Fsp3) is 0.222. The minimum atomic E-state index is 0.116. The van der Waals surface area contributed by atoms with Crippen molar-refractivity contribution in [2.45, 2.75) is 37.5 Å². The lowest BCUT2D eigenvalue weighted by Gasteiger charge is -2.61. The van der Waals surface area contributed by atoms with Crippen LogP contribution >= 0.6 is 0 Å². The fourth-order valence-electron chi connectivity index (χ4n) is 10.7. The molecule has 230 valence electrons. The van der Waals surface area contributed by atoms with E-state index >= 15 is 0 Å². The normalized spacial score (nSPS) is 24.8. The molecule has 4 bridgehead atoms. The third-order valence-corrected chi connectivity index (χ3v) is 12.4. The van der Waals surface area contributed by atoms with E-state index in [1.165, 1.54) is 64.8 Å². The molecule has 12 rings (SSSR count). The van der Waals surface area contributed by atoms with Crippen LogP contribution in [-0.2, 0) is 5.41 Å². The van der Waals surface area contributed by atoms with E-state index in [4.69, 9.17) is 15.0 Å². The van der Waals surface area contributed by atoms with Gasteiger partial charge in [0.05, 0.1) is 0 Å². The van der Waals surface area contributed by atoms with E-state index in [0.717, 1.165) is 46.2 Å². The highest BCUT2D eigenvalue weighted by molar-refractivity contribution is 5.95. The largest absolute Gasteiger partial charge is 0.208 e. The molecule has 48 heavy (non-hydrogen) atoms. The van der Waals surface area contributed by atoms with Gasteiger partial charge in [0.25, 0.3) is 0 Å². The summed E-state index contributed by atoms with van der Waals surface area (Å²) in [6, 6.07) is 46.5. The lowest BCUT2D eigenvalue weighted by Crippen LogP contribution is -2.55. The van der Waals surface area contributed by atoms with Crippen molar-refractivity contribution in [3.63, 3.8) is 0 Å². The summed E-state index contributed by atoms with van der Waals surface area (Å²) in [5.41, 5.74) is 9.10. The first-order chi connectivity index (χ1) is 23.7. The van der Waals surface area contributed by atoms with Gasteiger partial charge in [0.1, 0.15) is 0 Å². The molecule has 1 heterocycles. The minimum Gasteiger partial charge on any atom is -0.208 e. The number of benzene rings is 6. The molecule has 4 fully saturated rings. The lowest BCUT2D eigenvalue weighted by atomic mass is 9.43. The van der Waals surface area contributed by atoms with Crippen LogP contribution in [0.4, 0.5) is 0 Å². The monoisotopic (exact) mass is 617 g/mol. The van der Waals surface area contributed by atoms with Crippen LogP contribution in [0.3, 0.4) is 0 Å². The van der Waals surface area contributed by atoms with Gasteiger partial charge >= 0.3 is 0 Å². The maximum Gasteiger partial charge on any atom is 0.164 e. The molecule has 6 aromatic carbocycles. The lowest BCUT2D eigenvalue weighted by molar-refractivity contribution is -0.0398. The predicted octanol–water partition coefficient (Wildman–Crippen LogP) is 10.9. The van der Waals surface area contributed by atoms with E-state index in [0.29, 0.717) is 11.6 Å². The van der Waals surface area contributed by atoms with Gasteiger partial charge in [-0.2, -0.15) is 0 Å². The van der Waals surface area contributed by atoms with Gasteiger partial charge in [-0.25, -0.2) is 15.0 Å². The minimum absolute atomic E-state index is 0.116. The van der Waals surface area contributed by atoms with E-state index in [1.807, 2.05) is 6.07 Å². The molecule has 3 nitrogen and oxygen atoms in total. The molecule has 0 N–H and O–H groups in total. The third-order valence-electron chi connectivity index (χ3n) is 12.4. The van der Waals surface area contributed by atoms with Crippen LogP contribution in [0.1, 0.15) is 43.2 Å². The van der Waals surface area contributed by atoms with Gasteiger partial charge in [0, 0.05) is 22.1 Å². The summed E-state index contributed by atoms with van der Waals surface area (Å²) in [7, 11) is 0. The molecule has 0 atom stereocenters. The number of hydrogen-bond donors (Lipinski definition) is 0. The zero-order valence-electron chi connectivity index (χ0n) is 26.8. The Morgan fingerprint density at radius 2 is 0.917 bits per heavy atom. The Kier molecular flexibility index (Phi) is 5.56. The zero-order valence-corrected chi connectivity index (χ0v) is 26.8. The van der Waals surface area contributed by atoms with Crippen molar-refractivity contribution in [2.75, 3.05) is 0 Å². The van der Waals surface area contributed by atoms with Gasteiger partial charge in [0.2, 0.25) is 0 Å². The van der Waals surface area contributed by atoms with Crippen molar-refractivity contribution in [1.29, 1.82) is 0 Å². The van der Waals surface area contributed by atoms with Crippen molar-refractivity contribution < 1.29 is 0 Å². The highest BCUT2D eigenvalue weighted by atomic mass is 15.0. The molecule has 0 aliphatic heterocycles. The average Bonchev–Trinajstić information content (AvgIpc) is 3.41. The molecule has 5 aliphatic carbocycles. The first kappa shape index (κ1) is 26.9. The molecule has 0 saturated heterocycles. The second-order valence-corrected chi connectivity index (χ2v) is 14.9. The summed E-state index contributed by atoms with van der Waals surface area (Å²) in [5.74, 6) is 5.41. The quantitative estimate of drug-likeness (QED) is 0.198. The highest BCUT2D eigenvalue weighted by Gasteiger charge is 2.61. The third kappa shape index (κ3) is 3.79. The first-order valence-corrected chi connectivity index (χ1v) is 17.7. The van der Waals surface area contributed by atoms with Crippen LogP contribution < -0.4 is 0 Å². The van der Waals surface area contributed by atoms with Gasteiger partial charge in [-0.15, -0.1) is 0 Å². The standard InChI is InChI=1S/C45H35N3/c1-2-9-30(10-3-1)42-46-43(34-15-14-29-8-4-5-11-31(29)23-34)48-44(47-42)35-16-17-40-38(25-35)39-24-32-12-6-7-13-33(32)26-41(39)45(40)36-19-27-18-28(21-36)22-37(45)20-27/h1-17,23-28,36-37H,18-22H2. The Morgan fingerprint density at radius 1 is 0.396 bits per heavy atom. The maximum absolute atomic E-state index is 5.19. The number of fused-ring (bicyclic) bond motifs is 5. The molecule has 4 saturated carbocycles. The van der Waals surface area contributed by atoms with Crippen LogP contribution in [0.25, 0.3) is 66.8 Å². The SMILES string of the molecule is c1ccc(-c2nc(-c3ccc4c(c3)-c3cc5ccccc5cc3C43C4CC5CC(C4)CC3C5)nc(-c3ccc4ccccc4c3)n2)cc1. The Morgan fingerprint density at radius 3 is 1.60 bits per heavy atom. The van der Waals surface area contributed by atoms with Crippen molar-refractivity contribution >= 4 is 21.5 Å². The average molecular weight is 618 g/mol. The maximum atomic E-state index is 5.19.